The van der Waals surface area contributed by atoms with Gasteiger partial charge in [0.05, 0.1) is 16.5 Å². The minimum atomic E-state index is -4.56. The molecule has 0 spiro atoms. The van der Waals surface area contributed by atoms with Crippen LogP contribution in [0.1, 0.15) is 34.6 Å². The van der Waals surface area contributed by atoms with Crippen LogP contribution in [0.15, 0.2) is 34.8 Å². The number of halogens is 4. The van der Waals surface area contributed by atoms with Gasteiger partial charge >= 0.3 is 6.18 Å². The summed E-state index contributed by atoms with van der Waals surface area (Å²) in [5.41, 5.74) is 0.117. The smallest absolute Gasteiger partial charge is 0.410 e. The summed E-state index contributed by atoms with van der Waals surface area (Å²) in [6.07, 6.45) is -4.85. The molecule has 1 aliphatic heterocycles. The molecule has 23 heavy (non-hydrogen) atoms. The van der Waals surface area contributed by atoms with Crippen molar-refractivity contribution in [3.63, 3.8) is 0 Å². The number of carboxylic acid groups (broad SMARTS) is 1. The lowest BCUT2D eigenvalue weighted by Crippen LogP contribution is -2.36. The van der Waals surface area contributed by atoms with E-state index in [-0.39, 0.29) is 16.7 Å². The summed E-state index contributed by atoms with van der Waals surface area (Å²) < 4.78 is 40.8. The summed E-state index contributed by atoms with van der Waals surface area (Å²) in [5.74, 6) is -1.66. The van der Waals surface area contributed by atoms with Gasteiger partial charge in [0.1, 0.15) is 11.5 Å². The van der Waals surface area contributed by atoms with Crippen LogP contribution in [0, 0.1) is 0 Å². The first kappa shape index (κ1) is 15.9. The van der Waals surface area contributed by atoms with E-state index in [1.54, 1.807) is 30.3 Å². The second-order valence-corrected chi connectivity index (χ2v) is 5.94. The minimum absolute atomic E-state index is 0.0216. The average Bonchev–Trinajstić information content (AvgIpc) is 2.84. The molecular weight excluding hydrogens is 379 g/mol. The molecule has 0 bridgehead atoms. The first-order valence-corrected chi connectivity index (χ1v) is 7.46. The number of anilines is 1. The van der Waals surface area contributed by atoms with Crippen LogP contribution in [0.25, 0.3) is 0 Å². The molecule has 0 radical (unpaired) electrons. The number of carboxylic acids is 1. The molecule has 2 heterocycles. The SMILES string of the molecule is O=C([O-])c1nn2c(c1Br)N[C@@H](c1ccccc1)C[C@@H]2C(F)(F)F. The van der Waals surface area contributed by atoms with Crippen LogP contribution < -0.4 is 10.4 Å². The molecule has 3 rings (SSSR count). The van der Waals surface area contributed by atoms with E-state index in [9.17, 15) is 23.1 Å². The Morgan fingerprint density at radius 1 is 1.35 bits per heavy atom. The summed E-state index contributed by atoms with van der Waals surface area (Å²) >= 11 is 3.00. The molecule has 9 heteroatoms. The first-order chi connectivity index (χ1) is 10.8. The number of nitrogens with zero attached hydrogens (tertiary/aromatic N) is 2. The van der Waals surface area contributed by atoms with Gasteiger partial charge in [-0.3, -0.25) is 0 Å². The van der Waals surface area contributed by atoms with E-state index in [1.165, 1.54) is 0 Å². The van der Waals surface area contributed by atoms with E-state index < -0.39 is 29.9 Å². The standard InChI is InChI=1S/C14H11BrF3N3O2/c15-10-11(13(22)23)20-21-9(14(16,17)18)6-8(19-12(10)21)7-4-2-1-3-5-7/h1-5,8-9,19H,6H2,(H,22,23)/p-1/t8-,9-/m1/s1. The Labute approximate surface area is 137 Å². The third-order valence-corrected chi connectivity index (χ3v) is 4.44. The van der Waals surface area contributed by atoms with E-state index >= 15 is 0 Å². The molecule has 0 amide bonds. The number of aromatic nitrogens is 2. The van der Waals surface area contributed by atoms with E-state index in [1.807, 2.05) is 0 Å². The predicted molar refractivity (Wildman–Crippen MR) is 76.8 cm³/mol. The molecule has 0 aliphatic carbocycles. The van der Waals surface area contributed by atoms with Crippen molar-refractivity contribution in [3.05, 3.63) is 46.1 Å². The first-order valence-electron chi connectivity index (χ1n) is 6.66. The van der Waals surface area contributed by atoms with Crippen LogP contribution in [-0.4, -0.2) is 21.9 Å². The van der Waals surface area contributed by atoms with Crippen LogP contribution in [0.3, 0.4) is 0 Å². The third-order valence-electron chi connectivity index (χ3n) is 3.69. The Morgan fingerprint density at radius 3 is 2.57 bits per heavy atom. The lowest BCUT2D eigenvalue weighted by atomic mass is 9.97. The lowest BCUT2D eigenvalue weighted by molar-refractivity contribution is -0.255. The normalized spacial score (nSPS) is 20.7. The fraction of sp³-hybridized carbons (Fsp3) is 0.286. The summed E-state index contributed by atoms with van der Waals surface area (Å²) in [7, 11) is 0. The Morgan fingerprint density at radius 2 is 2.00 bits per heavy atom. The Bertz CT molecular complexity index is 746. The molecule has 0 fully saturated rings. The number of aromatic carboxylic acids is 1. The minimum Gasteiger partial charge on any atom is -0.543 e. The highest BCUT2D eigenvalue weighted by molar-refractivity contribution is 9.10. The number of carbonyl (C=O) groups is 1. The summed E-state index contributed by atoms with van der Waals surface area (Å²) in [4.78, 5) is 11.0. The van der Waals surface area contributed by atoms with Gasteiger partial charge in [-0.25, -0.2) is 4.68 Å². The molecule has 1 N–H and O–H groups in total. The molecule has 1 aromatic carbocycles. The van der Waals surface area contributed by atoms with Gasteiger partial charge in [0.25, 0.3) is 0 Å². The fourth-order valence-electron chi connectivity index (χ4n) is 2.62. The zero-order valence-electron chi connectivity index (χ0n) is 11.5. The van der Waals surface area contributed by atoms with Crippen molar-refractivity contribution in [1.82, 2.24) is 9.78 Å². The average molecular weight is 389 g/mol. The number of hydrogen-bond acceptors (Lipinski definition) is 4. The summed E-state index contributed by atoms with van der Waals surface area (Å²) in [6.45, 7) is 0. The maximum Gasteiger partial charge on any atom is 0.410 e. The highest BCUT2D eigenvalue weighted by Crippen LogP contribution is 2.46. The van der Waals surface area contributed by atoms with Crippen molar-refractivity contribution < 1.29 is 23.1 Å². The fourth-order valence-corrected chi connectivity index (χ4v) is 3.16. The maximum absolute atomic E-state index is 13.4. The van der Waals surface area contributed by atoms with Gasteiger partial charge in [-0.05, 0) is 21.5 Å². The maximum atomic E-state index is 13.4. The van der Waals surface area contributed by atoms with Crippen molar-refractivity contribution in [3.8, 4) is 0 Å². The molecule has 0 saturated carbocycles. The highest BCUT2D eigenvalue weighted by Gasteiger charge is 2.47. The number of fused-ring (bicyclic) bond motifs is 1. The number of rotatable bonds is 2. The van der Waals surface area contributed by atoms with Crippen molar-refractivity contribution in [2.24, 2.45) is 0 Å². The summed E-state index contributed by atoms with van der Waals surface area (Å²) in [5, 5.41) is 17.5. The quantitative estimate of drug-likeness (QED) is 0.858. The molecule has 1 aromatic heterocycles. The number of nitrogens with one attached hydrogen (secondary N) is 1. The van der Waals surface area contributed by atoms with Crippen molar-refractivity contribution >= 4 is 27.7 Å². The Kier molecular flexibility index (Phi) is 3.83. The largest absolute Gasteiger partial charge is 0.543 e. The van der Waals surface area contributed by atoms with Crippen molar-refractivity contribution in [2.75, 3.05) is 5.32 Å². The van der Waals surface area contributed by atoms with Gasteiger partial charge in [0.2, 0.25) is 0 Å². The van der Waals surface area contributed by atoms with Crippen LogP contribution >= 0.6 is 15.9 Å². The molecule has 1 aliphatic rings. The van der Waals surface area contributed by atoms with Gasteiger partial charge in [-0.2, -0.15) is 18.3 Å². The van der Waals surface area contributed by atoms with Gasteiger partial charge in [0.15, 0.2) is 6.04 Å². The zero-order chi connectivity index (χ0) is 16.8. The molecule has 2 atom stereocenters. The van der Waals surface area contributed by atoms with Gasteiger partial charge in [-0.15, -0.1) is 0 Å². The molecule has 0 unspecified atom stereocenters. The molecule has 0 saturated heterocycles. The number of carbonyl (C=O) groups excluding carboxylic acids is 1. The topological polar surface area (TPSA) is 70.0 Å². The van der Waals surface area contributed by atoms with Gasteiger partial charge in [0, 0.05) is 6.42 Å². The van der Waals surface area contributed by atoms with E-state index in [4.69, 9.17) is 0 Å². The number of benzene rings is 1. The van der Waals surface area contributed by atoms with Crippen LogP contribution in [0.2, 0.25) is 0 Å². The van der Waals surface area contributed by atoms with Crippen molar-refractivity contribution in [1.29, 1.82) is 0 Å². The van der Waals surface area contributed by atoms with E-state index in [2.05, 4.69) is 26.3 Å². The Balaban J connectivity index is 2.10. The monoisotopic (exact) mass is 388 g/mol. The molecule has 5 nitrogen and oxygen atoms in total. The number of alkyl halides is 3. The van der Waals surface area contributed by atoms with E-state index in [0.29, 0.717) is 10.2 Å². The number of hydrogen-bond donors (Lipinski definition) is 1. The lowest BCUT2D eigenvalue weighted by Gasteiger charge is -2.33. The van der Waals surface area contributed by atoms with Crippen molar-refractivity contribution in [2.45, 2.75) is 24.7 Å². The van der Waals surface area contributed by atoms with Gasteiger partial charge in [-0.1, -0.05) is 30.3 Å². The van der Waals surface area contributed by atoms with Crippen LogP contribution in [0.5, 0.6) is 0 Å². The highest BCUT2D eigenvalue weighted by atomic mass is 79.9. The predicted octanol–water partition coefficient (Wildman–Crippen LogP) is 2.67. The Hall–Kier alpha value is -2.03. The molecular formula is C14H10BrF3N3O2-. The second kappa shape index (κ2) is 5.55. The zero-order valence-corrected chi connectivity index (χ0v) is 13.1. The molecule has 122 valence electrons. The summed E-state index contributed by atoms with van der Waals surface area (Å²) in [6, 6.07) is 6.11. The van der Waals surface area contributed by atoms with E-state index in [0.717, 1.165) is 0 Å². The molecule has 2 aromatic rings. The second-order valence-electron chi connectivity index (χ2n) is 5.14. The third kappa shape index (κ3) is 2.80. The van der Waals surface area contributed by atoms with Crippen LogP contribution in [0.4, 0.5) is 19.0 Å². The van der Waals surface area contributed by atoms with Crippen LogP contribution in [-0.2, 0) is 0 Å². The van der Waals surface area contributed by atoms with Gasteiger partial charge < -0.3 is 15.2 Å².